The highest BCUT2D eigenvalue weighted by molar-refractivity contribution is 5.74. The predicted molar refractivity (Wildman–Crippen MR) is 81.1 cm³/mol. The fourth-order valence-corrected chi connectivity index (χ4v) is 2.93. The van der Waals surface area contributed by atoms with Crippen LogP contribution in [0.25, 0.3) is 11.1 Å². The summed E-state index contributed by atoms with van der Waals surface area (Å²) in [5.74, 6) is -1.21. The fourth-order valence-electron chi connectivity index (χ4n) is 2.93. The molecule has 2 heterocycles. The van der Waals surface area contributed by atoms with Gasteiger partial charge in [-0.2, -0.15) is 0 Å². The predicted octanol–water partition coefficient (Wildman–Crippen LogP) is -1.29. The van der Waals surface area contributed by atoms with E-state index in [1.54, 1.807) is 24.3 Å². The summed E-state index contributed by atoms with van der Waals surface area (Å²) in [7, 11) is 0. The minimum absolute atomic E-state index is 0.314. The molecule has 1 amide bonds. The molecule has 1 fully saturated rings. The van der Waals surface area contributed by atoms with E-state index < -0.39 is 48.9 Å². The molecule has 1 saturated heterocycles. The molecule has 5 atom stereocenters. The van der Waals surface area contributed by atoms with Crippen molar-refractivity contribution in [1.29, 1.82) is 0 Å². The number of aliphatic hydroxyl groups is 3. The first-order valence-corrected chi connectivity index (χ1v) is 7.43. The van der Waals surface area contributed by atoms with Crippen LogP contribution in [0.15, 0.2) is 33.5 Å². The summed E-state index contributed by atoms with van der Waals surface area (Å²) >= 11 is 0. The third-order valence-corrected chi connectivity index (χ3v) is 4.04. The number of nitrogens with zero attached hydrogens (tertiary/aromatic N) is 1. The number of hydrogen-bond donors (Lipinski definition) is 4. The number of carbonyl (C=O) groups excluding carboxylic acids is 1. The highest BCUT2D eigenvalue weighted by atomic mass is 16.5. The first-order chi connectivity index (χ1) is 11.4. The van der Waals surface area contributed by atoms with Crippen LogP contribution in [0.5, 0.6) is 0 Å². The Labute approximate surface area is 136 Å². The zero-order valence-electron chi connectivity index (χ0n) is 12.8. The van der Waals surface area contributed by atoms with E-state index in [-0.39, 0.29) is 0 Å². The van der Waals surface area contributed by atoms with Gasteiger partial charge in [0.1, 0.15) is 24.4 Å². The maximum absolute atomic E-state index is 12.2. The second-order valence-electron chi connectivity index (χ2n) is 5.66. The Morgan fingerprint density at radius 3 is 2.67 bits per heavy atom. The highest BCUT2D eigenvalue weighted by Gasteiger charge is 2.46. The van der Waals surface area contributed by atoms with Crippen molar-refractivity contribution in [1.82, 2.24) is 9.88 Å². The molecule has 0 unspecified atom stereocenters. The molecule has 0 radical (unpaired) electrons. The molecule has 3 rings (SSSR count). The van der Waals surface area contributed by atoms with Crippen LogP contribution in [-0.2, 0) is 9.53 Å². The van der Waals surface area contributed by atoms with Crippen LogP contribution in [0.4, 0.5) is 0 Å². The van der Waals surface area contributed by atoms with Gasteiger partial charge in [0, 0.05) is 6.92 Å². The molecule has 9 nitrogen and oxygen atoms in total. The van der Waals surface area contributed by atoms with E-state index in [0.717, 1.165) is 4.57 Å². The van der Waals surface area contributed by atoms with E-state index in [9.17, 15) is 24.9 Å². The van der Waals surface area contributed by atoms with Crippen molar-refractivity contribution in [2.45, 2.75) is 37.5 Å². The van der Waals surface area contributed by atoms with Gasteiger partial charge < -0.3 is 29.8 Å². The molecule has 1 aromatic carbocycles. The van der Waals surface area contributed by atoms with Crippen molar-refractivity contribution in [3.05, 3.63) is 34.8 Å². The standard InChI is InChI=1S/C15H18N2O7/c1-7(19)16-11-13(21)12(20)10(6-18)23-14(11)17-8-4-2-3-5-9(8)24-15(17)22/h2-5,10-14,18,20-21H,6H2,1H3,(H,16,19)/t10-,11-,12-,13+,14+/m1/s1. The van der Waals surface area contributed by atoms with Gasteiger partial charge in [-0.05, 0) is 12.1 Å². The number of aromatic nitrogens is 1. The Morgan fingerprint density at radius 1 is 1.29 bits per heavy atom. The van der Waals surface area contributed by atoms with E-state index in [4.69, 9.17) is 9.15 Å². The number of para-hydroxylation sites is 2. The maximum atomic E-state index is 12.2. The molecule has 130 valence electrons. The van der Waals surface area contributed by atoms with Crippen LogP contribution in [0.2, 0.25) is 0 Å². The molecule has 24 heavy (non-hydrogen) atoms. The van der Waals surface area contributed by atoms with Crippen LogP contribution < -0.4 is 11.1 Å². The number of fused-ring (bicyclic) bond motifs is 1. The molecule has 2 aromatic rings. The lowest BCUT2D eigenvalue weighted by atomic mass is 9.95. The number of hydrogen-bond acceptors (Lipinski definition) is 7. The van der Waals surface area contributed by atoms with E-state index in [1.807, 2.05) is 0 Å². The minimum Gasteiger partial charge on any atom is -0.408 e. The monoisotopic (exact) mass is 338 g/mol. The average molecular weight is 338 g/mol. The average Bonchev–Trinajstić information content (AvgIpc) is 2.88. The Morgan fingerprint density at radius 2 is 2.00 bits per heavy atom. The number of ether oxygens (including phenoxy) is 1. The summed E-state index contributed by atoms with van der Waals surface area (Å²) in [4.78, 5) is 23.7. The van der Waals surface area contributed by atoms with Gasteiger partial charge in [-0.25, -0.2) is 9.36 Å². The lowest BCUT2D eigenvalue weighted by Gasteiger charge is -2.42. The summed E-state index contributed by atoms with van der Waals surface area (Å²) < 4.78 is 11.9. The first kappa shape index (κ1) is 16.7. The molecule has 0 spiro atoms. The number of carbonyl (C=O) groups is 1. The van der Waals surface area contributed by atoms with E-state index in [0.29, 0.717) is 11.1 Å². The van der Waals surface area contributed by atoms with Crippen LogP contribution in [0.3, 0.4) is 0 Å². The van der Waals surface area contributed by atoms with Gasteiger partial charge in [-0.1, -0.05) is 12.1 Å². The van der Waals surface area contributed by atoms with Gasteiger partial charge >= 0.3 is 5.76 Å². The summed E-state index contributed by atoms with van der Waals surface area (Å²) in [6.07, 6.45) is -5.13. The van der Waals surface area contributed by atoms with E-state index in [1.165, 1.54) is 6.92 Å². The lowest BCUT2D eigenvalue weighted by Crippen LogP contribution is -2.62. The SMILES string of the molecule is CC(=O)N[C@@H]1[C@H](O)[C@H](O)[C@@H](CO)O[C@@H]1n1c(=O)oc2ccccc21. The zero-order valence-corrected chi connectivity index (χ0v) is 12.8. The molecular weight excluding hydrogens is 320 g/mol. The minimum atomic E-state index is -1.44. The van der Waals surface area contributed by atoms with Gasteiger partial charge in [0.15, 0.2) is 11.8 Å². The second-order valence-corrected chi connectivity index (χ2v) is 5.66. The first-order valence-electron chi connectivity index (χ1n) is 7.43. The highest BCUT2D eigenvalue weighted by Crippen LogP contribution is 2.30. The summed E-state index contributed by atoms with van der Waals surface area (Å²) in [6, 6.07) is 5.51. The Balaban J connectivity index is 2.11. The molecule has 0 saturated carbocycles. The Bertz CT molecular complexity index is 798. The maximum Gasteiger partial charge on any atom is 0.422 e. The summed E-state index contributed by atoms with van der Waals surface area (Å²) in [5, 5.41) is 32.2. The molecule has 0 bridgehead atoms. The lowest BCUT2D eigenvalue weighted by molar-refractivity contribution is -0.216. The Hall–Kier alpha value is -2.20. The number of benzene rings is 1. The molecule has 0 aliphatic carbocycles. The van der Waals surface area contributed by atoms with E-state index >= 15 is 0 Å². The zero-order chi connectivity index (χ0) is 17.4. The number of rotatable bonds is 3. The second kappa shape index (κ2) is 6.36. The van der Waals surface area contributed by atoms with Crippen molar-refractivity contribution >= 4 is 17.0 Å². The van der Waals surface area contributed by atoms with Gasteiger partial charge in [-0.15, -0.1) is 0 Å². The number of oxazole rings is 1. The Kier molecular flexibility index (Phi) is 4.41. The molecule has 1 aliphatic rings. The van der Waals surface area contributed by atoms with Crippen LogP contribution in [0.1, 0.15) is 13.2 Å². The number of amides is 1. The van der Waals surface area contributed by atoms with Crippen molar-refractivity contribution in [3.8, 4) is 0 Å². The van der Waals surface area contributed by atoms with Crippen molar-refractivity contribution in [3.63, 3.8) is 0 Å². The quantitative estimate of drug-likeness (QED) is 0.547. The molecule has 1 aliphatic heterocycles. The normalized spacial score (nSPS) is 30.4. The van der Waals surface area contributed by atoms with Gasteiger partial charge in [0.05, 0.1) is 12.1 Å². The molecule has 1 aromatic heterocycles. The topological polar surface area (TPSA) is 134 Å². The van der Waals surface area contributed by atoms with Gasteiger partial charge in [0.25, 0.3) is 0 Å². The van der Waals surface area contributed by atoms with Gasteiger partial charge in [-0.3, -0.25) is 4.79 Å². The third-order valence-electron chi connectivity index (χ3n) is 4.04. The fraction of sp³-hybridized carbons (Fsp3) is 0.467. The van der Waals surface area contributed by atoms with Crippen molar-refractivity contribution in [2.75, 3.05) is 6.61 Å². The van der Waals surface area contributed by atoms with Crippen molar-refractivity contribution < 1.29 is 29.3 Å². The van der Waals surface area contributed by atoms with E-state index in [2.05, 4.69) is 5.32 Å². The third kappa shape index (κ3) is 2.71. The number of aliphatic hydroxyl groups excluding tert-OH is 3. The smallest absolute Gasteiger partial charge is 0.408 e. The number of nitrogens with one attached hydrogen (secondary N) is 1. The van der Waals surface area contributed by atoms with Crippen molar-refractivity contribution in [2.24, 2.45) is 0 Å². The largest absolute Gasteiger partial charge is 0.422 e. The molecule has 9 heteroatoms. The summed E-state index contributed by atoms with van der Waals surface area (Å²) in [6.45, 7) is 0.677. The summed E-state index contributed by atoms with van der Waals surface area (Å²) in [5.41, 5.74) is 0.719. The molecular formula is C15H18N2O7. The van der Waals surface area contributed by atoms with Crippen LogP contribution in [-0.4, -0.2) is 56.8 Å². The van der Waals surface area contributed by atoms with Crippen LogP contribution >= 0.6 is 0 Å². The van der Waals surface area contributed by atoms with Gasteiger partial charge in [0.2, 0.25) is 5.91 Å². The van der Waals surface area contributed by atoms with Crippen LogP contribution in [0, 0.1) is 0 Å². The molecule has 4 N–H and O–H groups in total.